The largest absolute Gasteiger partial charge is 0.495 e. The Kier molecular flexibility index (Phi) is 5.07. The van der Waals surface area contributed by atoms with Crippen LogP contribution >= 0.6 is 0 Å². The molecule has 0 aliphatic heterocycles. The summed E-state index contributed by atoms with van der Waals surface area (Å²) < 4.78 is 17.3. The molecular formula is C13H19N5O3. The molecule has 21 heavy (non-hydrogen) atoms. The highest BCUT2D eigenvalue weighted by atomic mass is 16.5. The Morgan fingerprint density at radius 1 is 1.29 bits per heavy atom. The molecule has 1 heterocycles. The van der Waals surface area contributed by atoms with Gasteiger partial charge in [-0.25, -0.2) is 4.68 Å². The van der Waals surface area contributed by atoms with E-state index in [9.17, 15) is 0 Å². The standard InChI is InChI=1S/C13H19N5O3/c1-19-8-10(20-2)7-18-13(15-16-17-18)9-4-5-11(14)12(6-9)21-3/h4-6,10H,7-8,14H2,1-3H3. The van der Waals surface area contributed by atoms with Gasteiger partial charge in [-0.1, -0.05) is 0 Å². The Labute approximate surface area is 122 Å². The van der Waals surface area contributed by atoms with Crippen LogP contribution in [0, 0.1) is 0 Å². The number of ether oxygens (including phenoxy) is 3. The monoisotopic (exact) mass is 293 g/mol. The molecule has 0 aliphatic rings. The summed E-state index contributed by atoms with van der Waals surface area (Å²) in [6.45, 7) is 0.945. The van der Waals surface area contributed by atoms with Crippen LogP contribution in [-0.2, 0) is 16.0 Å². The minimum absolute atomic E-state index is 0.132. The van der Waals surface area contributed by atoms with Crippen molar-refractivity contribution in [3.8, 4) is 17.1 Å². The fraction of sp³-hybridized carbons (Fsp3) is 0.462. The van der Waals surface area contributed by atoms with E-state index in [2.05, 4.69) is 15.5 Å². The molecular weight excluding hydrogens is 274 g/mol. The van der Waals surface area contributed by atoms with Gasteiger partial charge in [0.15, 0.2) is 5.82 Å². The first-order chi connectivity index (χ1) is 10.2. The maximum Gasteiger partial charge on any atom is 0.182 e. The predicted octanol–water partition coefficient (Wildman–Crippen LogP) is 0.592. The van der Waals surface area contributed by atoms with Gasteiger partial charge in [-0.15, -0.1) is 5.10 Å². The third kappa shape index (κ3) is 3.47. The van der Waals surface area contributed by atoms with Crippen LogP contribution in [0.15, 0.2) is 18.2 Å². The number of rotatable bonds is 7. The normalized spacial score (nSPS) is 12.3. The van der Waals surface area contributed by atoms with Gasteiger partial charge in [-0.2, -0.15) is 0 Å². The zero-order valence-corrected chi connectivity index (χ0v) is 12.3. The lowest BCUT2D eigenvalue weighted by molar-refractivity contribution is 0.0163. The Bertz CT molecular complexity index is 587. The molecule has 8 nitrogen and oxygen atoms in total. The SMILES string of the molecule is COCC(Cn1nnnc1-c1ccc(N)c(OC)c1)OC. The summed E-state index contributed by atoms with van der Waals surface area (Å²) in [4.78, 5) is 0. The molecule has 114 valence electrons. The fourth-order valence-electron chi connectivity index (χ4n) is 1.96. The molecule has 2 rings (SSSR count). The second-order valence-corrected chi connectivity index (χ2v) is 4.45. The van der Waals surface area contributed by atoms with E-state index in [0.717, 1.165) is 5.56 Å². The molecule has 0 bridgehead atoms. The predicted molar refractivity (Wildman–Crippen MR) is 76.9 cm³/mol. The molecule has 0 fully saturated rings. The van der Waals surface area contributed by atoms with E-state index in [-0.39, 0.29) is 6.10 Å². The van der Waals surface area contributed by atoms with Crippen molar-refractivity contribution in [2.75, 3.05) is 33.7 Å². The summed E-state index contributed by atoms with van der Waals surface area (Å²) in [6.07, 6.45) is -0.132. The lowest BCUT2D eigenvalue weighted by atomic mass is 10.1. The van der Waals surface area contributed by atoms with Gasteiger partial charge in [0, 0.05) is 19.8 Å². The van der Waals surface area contributed by atoms with Gasteiger partial charge in [0.1, 0.15) is 11.9 Å². The summed E-state index contributed by atoms with van der Waals surface area (Å²) in [5.41, 5.74) is 7.20. The molecule has 2 N–H and O–H groups in total. The molecule has 1 aromatic heterocycles. The third-order valence-corrected chi connectivity index (χ3v) is 3.09. The van der Waals surface area contributed by atoms with Crippen LogP contribution in [0.3, 0.4) is 0 Å². The number of benzene rings is 1. The van der Waals surface area contributed by atoms with Gasteiger partial charge in [0.05, 0.1) is 25.9 Å². The number of hydrogen-bond donors (Lipinski definition) is 1. The number of anilines is 1. The molecule has 0 saturated heterocycles. The van der Waals surface area contributed by atoms with E-state index in [4.69, 9.17) is 19.9 Å². The van der Waals surface area contributed by atoms with Gasteiger partial charge in [-0.05, 0) is 28.6 Å². The molecule has 0 spiro atoms. The second-order valence-electron chi connectivity index (χ2n) is 4.45. The van der Waals surface area contributed by atoms with Crippen molar-refractivity contribution in [3.05, 3.63) is 18.2 Å². The number of nitrogen functional groups attached to an aromatic ring is 1. The van der Waals surface area contributed by atoms with Crippen LogP contribution < -0.4 is 10.5 Å². The smallest absolute Gasteiger partial charge is 0.182 e. The highest BCUT2D eigenvalue weighted by Crippen LogP contribution is 2.27. The minimum Gasteiger partial charge on any atom is -0.495 e. The average molecular weight is 293 g/mol. The molecule has 1 atom stereocenters. The number of aromatic nitrogens is 4. The van der Waals surface area contributed by atoms with E-state index >= 15 is 0 Å². The zero-order valence-electron chi connectivity index (χ0n) is 12.3. The first-order valence-electron chi connectivity index (χ1n) is 6.41. The van der Waals surface area contributed by atoms with Crippen molar-refractivity contribution in [1.29, 1.82) is 0 Å². The molecule has 8 heteroatoms. The van der Waals surface area contributed by atoms with Crippen LogP contribution in [0.5, 0.6) is 5.75 Å². The molecule has 1 aromatic carbocycles. The summed E-state index contributed by atoms with van der Waals surface area (Å²) in [6, 6.07) is 5.41. The van der Waals surface area contributed by atoms with Crippen molar-refractivity contribution in [2.45, 2.75) is 12.6 Å². The number of methoxy groups -OCH3 is 3. The van der Waals surface area contributed by atoms with Crippen molar-refractivity contribution in [3.63, 3.8) is 0 Å². The number of hydrogen-bond acceptors (Lipinski definition) is 7. The Morgan fingerprint density at radius 2 is 2.10 bits per heavy atom. The Hall–Kier alpha value is -2.19. The average Bonchev–Trinajstić information content (AvgIpc) is 2.95. The van der Waals surface area contributed by atoms with Crippen LogP contribution in [0.25, 0.3) is 11.4 Å². The Morgan fingerprint density at radius 3 is 2.76 bits per heavy atom. The van der Waals surface area contributed by atoms with E-state index in [1.165, 1.54) is 0 Å². The van der Waals surface area contributed by atoms with Gasteiger partial charge in [0.25, 0.3) is 0 Å². The van der Waals surface area contributed by atoms with Crippen LogP contribution in [0.2, 0.25) is 0 Å². The maximum atomic E-state index is 5.81. The van der Waals surface area contributed by atoms with Crippen LogP contribution in [0.1, 0.15) is 0 Å². The van der Waals surface area contributed by atoms with Gasteiger partial charge < -0.3 is 19.9 Å². The van der Waals surface area contributed by atoms with Gasteiger partial charge >= 0.3 is 0 Å². The summed E-state index contributed by atoms with van der Waals surface area (Å²) in [7, 11) is 4.81. The van der Waals surface area contributed by atoms with Crippen LogP contribution in [0.4, 0.5) is 5.69 Å². The van der Waals surface area contributed by atoms with E-state index < -0.39 is 0 Å². The van der Waals surface area contributed by atoms with Crippen molar-refractivity contribution in [2.24, 2.45) is 0 Å². The molecule has 0 radical (unpaired) electrons. The fourth-order valence-corrected chi connectivity index (χ4v) is 1.96. The van der Waals surface area contributed by atoms with E-state index in [1.54, 1.807) is 38.1 Å². The molecule has 0 amide bonds. The highest BCUT2D eigenvalue weighted by Gasteiger charge is 2.15. The van der Waals surface area contributed by atoms with Crippen molar-refractivity contribution < 1.29 is 14.2 Å². The number of nitrogens with two attached hydrogens (primary N) is 1. The number of nitrogens with zero attached hydrogens (tertiary/aromatic N) is 4. The summed E-state index contributed by atoms with van der Waals surface area (Å²) in [5, 5.41) is 11.8. The topological polar surface area (TPSA) is 97.3 Å². The van der Waals surface area contributed by atoms with E-state index in [1.807, 2.05) is 6.07 Å². The summed E-state index contributed by atoms with van der Waals surface area (Å²) >= 11 is 0. The van der Waals surface area contributed by atoms with E-state index in [0.29, 0.717) is 30.4 Å². The lowest BCUT2D eigenvalue weighted by Gasteiger charge is -2.15. The first kappa shape index (κ1) is 15.2. The molecule has 0 saturated carbocycles. The molecule has 1 unspecified atom stereocenters. The van der Waals surface area contributed by atoms with Gasteiger partial charge in [-0.3, -0.25) is 0 Å². The summed E-state index contributed by atoms with van der Waals surface area (Å²) in [5.74, 6) is 1.20. The zero-order chi connectivity index (χ0) is 15.2. The first-order valence-corrected chi connectivity index (χ1v) is 6.41. The highest BCUT2D eigenvalue weighted by molar-refractivity contribution is 5.65. The van der Waals surface area contributed by atoms with Gasteiger partial charge in [0.2, 0.25) is 0 Å². The molecule has 0 aliphatic carbocycles. The lowest BCUT2D eigenvalue weighted by Crippen LogP contribution is -2.25. The minimum atomic E-state index is -0.132. The Balaban J connectivity index is 2.27. The quantitative estimate of drug-likeness (QED) is 0.746. The third-order valence-electron chi connectivity index (χ3n) is 3.09. The molecule has 2 aromatic rings. The van der Waals surface area contributed by atoms with Crippen LogP contribution in [-0.4, -0.2) is 54.2 Å². The second kappa shape index (κ2) is 7.00. The number of tetrazole rings is 1. The van der Waals surface area contributed by atoms with Crippen molar-refractivity contribution >= 4 is 5.69 Å². The maximum absolute atomic E-state index is 5.81. The van der Waals surface area contributed by atoms with Crippen molar-refractivity contribution in [1.82, 2.24) is 20.2 Å².